The molecule has 6 atom stereocenters. The Morgan fingerprint density at radius 2 is 0.406 bits per heavy atom. The van der Waals surface area contributed by atoms with Crippen molar-refractivity contribution in [1.82, 2.24) is 19.6 Å². The highest BCUT2D eigenvalue weighted by atomic mass is 31.2. The van der Waals surface area contributed by atoms with Crippen molar-refractivity contribution >= 4 is 131 Å². The van der Waals surface area contributed by atoms with E-state index in [2.05, 4.69) is 20.6 Å². The highest BCUT2D eigenvalue weighted by molar-refractivity contribution is 7.56. The van der Waals surface area contributed by atoms with Crippen LogP contribution in [0.1, 0.15) is 22.3 Å². The largest absolute Gasteiger partial charge is 0.491 e. The highest BCUT2D eigenvalue weighted by Gasteiger charge is 2.37. The molecule has 0 fully saturated rings. The molecule has 0 saturated heterocycles. The van der Waals surface area contributed by atoms with Crippen LogP contribution in [0.15, 0.2) is 118 Å². The molecule has 6 unspecified atom stereocenters. The Hall–Kier alpha value is -4.10. The monoisotopic (exact) mass is 2120 g/mol. The van der Waals surface area contributed by atoms with Gasteiger partial charge >= 0.3 is 106 Å². The fraction of sp³-hybridized carbons (Fsp3) is 0.500. The fourth-order valence-electron chi connectivity index (χ4n) is 9.42. The van der Waals surface area contributed by atoms with Gasteiger partial charge in [-0.2, -0.15) is 0 Å². The predicted octanol–water partition coefficient (Wildman–Crippen LogP) is 3.02. The zero-order valence-electron chi connectivity index (χ0n) is 66.8. The van der Waals surface area contributed by atoms with Crippen LogP contribution in [0.2, 0.25) is 0 Å². The first-order valence-corrected chi connectivity index (χ1v) is 60.6. The molecule has 72 heteroatoms. The number of nitrogens with zero attached hydrogens (tertiary/aromatic N) is 8. The summed E-state index contributed by atoms with van der Waals surface area (Å²) in [4.78, 5) is 228. The number of ether oxygens (including phenoxy) is 4. The second-order valence-electron chi connectivity index (χ2n) is 26.4. The van der Waals surface area contributed by atoms with Crippen molar-refractivity contribution in [2.45, 2.75) is 12.2 Å². The van der Waals surface area contributed by atoms with Crippen molar-refractivity contribution in [2.24, 2.45) is 20.6 Å². The molecule has 0 aromatic heterocycles. The summed E-state index contributed by atoms with van der Waals surface area (Å²) in [6.07, 6.45) is -10.9. The number of hydrogen-bond acceptors (Lipinski definition) is 36. The highest BCUT2D eigenvalue weighted by Crippen LogP contribution is 2.53. The van der Waals surface area contributed by atoms with Crippen LogP contribution in [0.4, 0.5) is 0 Å². The van der Waals surface area contributed by atoms with Gasteiger partial charge in [-0.15, -0.1) is 0 Å². The van der Waals surface area contributed by atoms with Crippen LogP contribution in [-0.4, -0.2) is 332 Å². The molecule has 0 aliphatic rings. The molecular formula is C56H98N8O50P14. The minimum absolute atomic E-state index is 0.261. The van der Waals surface area contributed by atoms with Crippen molar-refractivity contribution in [3.05, 3.63) is 119 Å². The third kappa shape index (κ3) is 64.7. The van der Waals surface area contributed by atoms with E-state index in [0.717, 1.165) is 13.3 Å². The molecule has 732 valence electrons. The maximum absolute atomic E-state index is 12.3. The Morgan fingerprint density at radius 1 is 0.250 bits per heavy atom. The Morgan fingerprint density at radius 3 is 0.547 bits per heavy atom. The zero-order valence-corrected chi connectivity index (χ0v) is 79.3. The number of rotatable bonds is 64. The van der Waals surface area contributed by atoms with Gasteiger partial charge in [0.15, 0.2) is 0 Å². The third-order valence-corrected chi connectivity index (χ3v) is 26.4. The standard InChI is InChI=1S/2C28H49N4O25P7/c2*1-58(33,34)57-28(16-53-29-14-24-2-6-26(7-3-24)51-10-12-55-63(47,48)22-31(18-59(35,36)37)19-60(38,39)40)17-54-30-15-25-4-8-27(9-5-25)52-11-13-56-64(49,50)23-32(20-61(41,42)43)21-62(44,45)46/h2*2-9,14-15,28H,10-13,16-23H2,1H3,(H,33,34)(H,47,48)(H,49,50)(H2,35,36,37)(H2,38,39,40)(H2,41,42,43)(H2,44,45,46)/b2*29-14+,30-15+. The molecule has 4 rings (SSSR count). The number of oxime groups is 4. The molecule has 22 N–H and O–H groups in total. The van der Waals surface area contributed by atoms with Gasteiger partial charge < -0.3 is 164 Å². The molecule has 0 radical (unpaired) electrons. The lowest BCUT2D eigenvalue weighted by Crippen LogP contribution is -2.28. The Balaban J connectivity index is 0.000000660. The summed E-state index contributed by atoms with van der Waals surface area (Å²) in [6.45, 7) is -2.45. The topological polar surface area (TPSA) is 876 Å². The molecule has 0 saturated carbocycles. The van der Waals surface area contributed by atoms with Gasteiger partial charge in [0, 0.05) is 13.3 Å². The van der Waals surface area contributed by atoms with Crippen LogP contribution in [-0.2, 0) is 110 Å². The van der Waals surface area contributed by atoms with Gasteiger partial charge in [0.25, 0.3) is 0 Å². The van der Waals surface area contributed by atoms with Gasteiger partial charge in [-0.25, -0.2) is 0 Å². The van der Waals surface area contributed by atoms with Crippen LogP contribution in [0.5, 0.6) is 23.0 Å². The summed E-state index contributed by atoms with van der Waals surface area (Å²) in [5, 5.41) is 15.1. The average molecular weight is 2120 g/mol. The van der Waals surface area contributed by atoms with Gasteiger partial charge in [-0.3, -0.25) is 92.6 Å². The van der Waals surface area contributed by atoms with E-state index in [9.17, 15) is 93.3 Å². The third-order valence-electron chi connectivity index (χ3n) is 13.5. The zero-order chi connectivity index (χ0) is 96.9. The van der Waals surface area contributed by atoms with E-state index in [0.29, 0.717) is 41.9 Å². The maximum Gasteiger partial charge on any atom is 0.342 e. The van der Waals surface area contributed by atoms with E-state index in [4.69, 9.17) is 144 Å². The summed E-state index contributed by atoms with van der Waals surface area (Å²) in [7, 11) is -65.1. The van der Waals surface area contributed by atoms with Crippen molar-refractivity contribution in [1.29, 1.82) is 0 Å². The van der Waals surface area contributed by atoms with E-state index >= 15 is 0 Å². The van der Waals surface area contributed by atoms with Gasteiger partial charge in [-0.05, 0) is 119 Å². The molecular weight excluding hydrogens is 2020 g/mol. The molecule has 58 nitrogen and oxygen atoms in total. The smallest absolute Gasteiger partial charge is 0.342 e. The summed E-state index contributed by atoms with van der Waals surface area (Å²) in [5.74, 6) is 1.14. The van der Waals surface area contributed by atoms with E-state index < -0.39 is 220 Å². The first-order chi connectivity index (χ1) is 58.5. The Bertz CT molecular complexity index is 4240. The van der Waals surface area contributed by atoms with E-state index in [1.54, 1.807) is 48.5 Å². The summed E-state index contributed by atoms with van der Waals surface area (Å²) >= 11 is 0. The van der Waals surface area contributed by atoms with Crippen LogP contribution >= 0.6 is 106 Å². The first-order valence-electron chi connectivity index (χ1n) is 35.1. The first kappa shape index (κ1) is 118. The molecule has 4 aromatic carbocycles. The van der Waals surface area contributed by atoms with Gasteiger partial charge in [0.2, 0.25) is 0 Å². The predicted molar refractivity (Wildman–Crippen MR) is 448 cm³/mol. The lowest BCUT2D eigenvalue weighted by Gasteiger charge is -2.25. The van der Waals surface area contributed by atoms with Gasteiger partial charge in [0.05, 0.1) is 51.3 Å². The molecule has 0 bridgehead atoms. The second-order valence-corrected chi connectivity index (χ2v) is 50.2. The molecule has 128 heavy (non-hydrogen) atoms. The molecule has 0 amide bonds. The lowest BCUT2D eigenvalue weighted by atomic mass is 10.2. The average Bonchev–Trinajstić information content (AvgIpc) is 0.866. The van der Waals surface area contributed by atoms with Gasteiger partial charge in [-0.1, -0.05) is 20.6 Å². The molecule has 4 aromatic rings. The quantitative estimate of drug-likeness (QED) is 0.0131. The van der Waals surface area contributed by atoms with Gasteiger partial charge in [0.1, 0.15) is 163 Å². The lowest BCUT2D eigenvalue weighted by molar-refractivity contribution is -0.00652. The minimum atomic E-state index is -4.84. The van der Waals surface area contributed by atoms with Crippen molar-refractivity contribution in [3.8, 4) is 23.0 Å². The van der Waals surface area contributed by atoms with Crippen LogP contribution < -0.4 is 18.9 Å². The fourth-order valence-corrected chi connectivity index (χ4v) is 23.0. The van der Waals surface area contributed by atoms with Crippen LogP contribution in [0, 0.1) is 0 Å². The second kappa shape index (κ2) is 54.0. The minimum Gasteiger partial charge on any atom is -0.491 e. The van der Waals surface area contributed by atoms with Crippen LogP contribution in [0.25, 0.3) is 0 Å². The van der Waals surface area contributed by atoms with Crippen molar-refractivity contribution < 1.29 is 237 Å². The molecule has 0 spiro atoms. The maximum atomic E-state index is 12.3. The summed E-state index contributed by atoms with van der Waals surface area (Å²) in [5.41, 5.74) is 2.02. The Kier molecular flexibility index (Phi) is 49.8. The SMILES string of the molecule is CP(=O)(O)OC(CO/N=C/c1ccc(OCCOP(=O)(O)CN(CP(=O)(O)O)CP(=O)(O)O)cc1)CO/N=C/c1ccc(OCCOP(=O)(O)CN(CP(=O)(O)O)CP(=O)(O)O)cc1.CP(=O)(O)OC(CO/N=C/c1ccc(OCCOP(=O)(O)CN(CP(=O)(O)O)CP(=O)(O)O)cc1)CO/N=C/c1ccc(OCCOP(=O)(O)CN(CP(=O)(O)O)CP(=O)(O)O)cc1. The van der Waals surface area contributed by atoms with Crippen molar-refractivity contribution in [2.75, 3.05) is 168 Å². The normalized spacial score (nSPS) is 16.4. The molecule has 0 heterocycles. The van der Waals surface area contributed by atoms with E-state index in [1.807, 2.05) is 0 Å². The molecule has 0 aliphatic carbocycles. The van der Waals surface area contributed by atoms with Crippen molar-refractivity contribution in [3.63, 3.8) is 0 Å². The number of hydrogen-bond donors (Lipinski definition) is 22. The number of benzene rings is 4. The van der Waals surface area contributed by atoms with E-state index in [1.165, 1.54) is 73.4 Å². The van der Waals surface area contributed by atoms with Crippen LogP contribution in [0.3, 0.4) is 0 Å². The van der Waals surface area contributed by atoms with E-state index in [-0.39, 0.29) is 75.9 Å². The summed E-state index contributed by atoms with van der Waals surface area (Å²) < 4.78 is 214. The summed E-state index contributed by atoms with van der Waals surface area (Å²) in [6, 6.07) is 24.3. The Labute approximate surface area is 727 Å². The molecule has 0 aliphatic heterocycles.